The molecule has 8 nitrogen and oxygen atoms in total. The van der Waals surface area contributed by atoms with Crippen LogP contribution in [0.15, 0.2) is 15.8 Å². The van der Waals surface area contributed by atoms with Crippen LogP contribution in [0.4, 0.5) is 0 Å². The summed E-state index contributed by atoms with van der Waals surface area (Å²) in [6, 6.07) is 1.83. The lowest BCUT2D eigenvalue weighted by Crippen LogP contribution is -2.48. The second kappa shape index (κ2) is 5.14. The van der Waals surface area contributed by atoms with Crippen molar-refractivity contribution in [2.24, 2.45) is 0 Å². The number of nitrogens with one attached hydrogen (secondary N) is 1. The second-order valence-electron chi connectivity index (χ2n) is 4.48. The summed E-state index contributed by atoms with van der Waals surface area (Å²) in [5.41, 5.74) is -3.04. The van der Waals surface area contributed by atoms with Crippen LogP contribution < -0.4 is 11.2 Å². The number of ether oxygens (including phenoxy) is 1. The van der Waals surface area contributed by atoms with Crippen LogP contribution in [0, 0.1) is 18.3 Å². The van der Waals surface area contributed by atoms with Crippen molar-refractivity contribution < 1.29 is 14.9 Å². The van der Waals surface area contributed by atoms with Crippen molar-refractivity contribution in [3.8, 4) is 6.07 Å². The minimum absolute atomic E-state index is 0.212. The van der Waals surface area contributed by atoms with E-state index in [0.717, 1.165) is 4.57 Å². The van der Waals surface area contributed by atoms with Crippen LogP contribution in [-0.4, -0.2) is 43.4 Å². The first kappa shape index (κ1) is 14.9. The Hall–Kier alpha value is -1.47. The highest BCUT2D eigenvalue weighted by Crippen LogP contribution is 2.38. The van der Waals surface area contributed by atoms with Crippen LogP contribution in [-0.2, 0) is 10.5 Å². The normalized spacial score (nSPS) is 33.0. The summed E-state index contributed by atoms with van der Waals surface area (Å²) in [4.78, 5) is 24.4. The van der Waals surface area contributed by atoms with E-state index in [9.17, 15) is 20.0 Å². The van der Waals surface area contributed by atoms with Crippen molar-refractivity contribution in [2.75, 3.05) is 6.61 Å². The van der Waals surface area contributed by atoms with Gasteiger partial charge in [0, 0.05) is 11.8 Å². The Bertz CT molecular complexity index is 678. The molecule has 0 bridgehead atoms. The summed E-state index contributed by atoms with van der Waals surface area (Å²) in [6.07, 6.45) is -1.01. The molecule has 1 aliphatic heterocycles. The van der Waals surface area contributed by atoms with E-state index in [1.807, 2.05) is 6.07 Å². The number of nitriles is 1. The third-order valence-electron chi connectivity index (χ3n) is 3.20. The molecule has 3 N–H and O–H groups in total. The molecule has 2 heterocycles. The number of aliphatic hydroxyl groups excluding tert-OH is 2. The molecule has 1 saturated heterocycles. The minimum Gasteiger partial charge on any atom is -0.394 e. The maximum Gasteiger partial charge on any atom is 0.331 e. The molecule has 0 unspecified atom stereocenters. The molecule has 1 fully saturated rings. The van der Waals surface area contributed by atoms with Crippen molar-refractivity contribution in [3.05, 3.63) is 32.6 Å². The number of aliphatic hydroxyl groups is 2. The quantitative estimate of drug-likeness (QED) is 0.562. The fourth-order valence-corrected chi connectivity index (χ4v) is 2.85. The second-order valence-corrected chi connectivity index (χ2v) is 5.47. The number of H-pyrrole nitrogens is 1. The smallest absolute Gasteiger partial charge is 0.331 e. The molecule has 1 aromatic rings. The lowest BCUT2D eigenvalue weighted by atomic mass is 10.1. The molecule has 0 aliphatic carbocycles. The van der Waals surface area contributed by atoms with Gasteiger partial charge in [0.1, 0.15) is 23.1 Å². The Balaban J connectivity index is 2.65. The minimum atomic E-state index is -1.85. The Morgan fingerprint density at radius 3 is 2.80 bits per heavy atom. The first-order valence-electron chi connectivity index (χ1n) is 5.72. The molecule has 1 aliphatic rings. The zero-order chi connectivity index (χ0) is 15.1. The van der Waals surface area contributed by atoms with Crippen molar-refractivity contribution in [1.82, 2.24) is 9.55 Å². The number of nitrogens with zero attached hydrogens (tertiary/aromatic N) is 2. The molecule has 0 aromatic carbocycles. The van der Waals surface area contributed by atoms with Crippen LogP contribution in [0.2, 0.25) is 0 Å². The SMILES string of the molecule is Cc1cn([C@]2(C#N)O[C@H](CO)[C@@H](O)[C@@H]2Br)c(=O)[nH]c1=O. The summed E-state index contributed by atoms with van der Waals surface area (Å²) < 4.78 is 6.27. The van der Waals surface area contributed by atoms with Gasteiger partial charge in [-0.25, -0.2) is 4.79 Å². The van der Waals surface area contributed by atoms with Crippen LogP contribution in [0.5, 0.6) is 0 Å². The number of alkyl halides is 1. The van der Waals surface area contributed by atoms with E-state index in [4.69, 9.17) is 9.84 Å². The Kier molecular flexibility index (Phi) is 3.84. The topological polar surface area (TPSA) is 128 Å². The predicted octanol–water partition coefficient (Wildman–Crippen LogP) is -1.46. The molecule has 9 heteroatoms. The standard InChI is InChI=1S/C11H12BrN3O5/c1-5-2-15(10(19)14-9(5)18)11(4-13)8(12)7(17)6(3-16)20-11/h2,6-8,16-17H,3H2,1H3,(H,14,18,19)/t6-,7-,8+,11-/m1/s1. The molecule has 0 amide bonds. The lowest BCUT2D eigenvalue weighted by Gasteiger charge is -2.26. The van der Waals surface area contributed by atoms with Gasteiger partial charge in [-0.15, -0.1) is 0 Å². The number of aromatic amines is 1. The molecule has 1 aromatic heterocycles. The molecular formula is C11H12BrN3O5. The van der Waals surface area contributed by atoms with Gasteiger partial charge < -0.3 is 14.9 Å². The van der Waals surface area contributed by atoms with E-state index in [-0.39, 0.29) is 5.56 Å². The van der Waals surface area contributed by atoms with E-state index >= 15 is 0 Å². The zero-order valence-corrected chi connectivity index (χ0v) is 12.0. The van der Waals surface area contributed by atoms with Crippen LogP contribution in [0.1, 0.15) is 5.56 Å². The van der Waals surface area contributed by atoms with Crippen molar-refractivity contribution in [3.63, 3.8) is 0 Å². The molecule has 4 atom stereocenters. The van der Waals surface area contributed by atoms with Gasteiger partial charge in [-0.05, 0) is 6.92 Å². The summed E-state index contributed by atoms with van der Waals surface area (Å²) >= 11 is 3.12. The van der Waals surface area contributed by atoms with E-state index < -0.39 is 40.6 Å². The van der Waals surface area contributed by atoms with E-state index in [1.165, 1.54) is 13.1 Å². The highest BCUT2D eigenvalue weighted by atomic mass is 79.9. The van der Waals surface area contributed by atoms with Gasteiger partial charge in [-0.3, -0.25) is 14.3 Å². The van der Waals surface area contributed by atoms with Crippen molar-refractivity contribution in [2.45, 2.75) is 29.7 Å². The number of aromatic nitrogens is 2. The van der Waals surface area contributed by atoms with Gasteiger partial charge in [0.15, 0.2) is 0 Å². The molecule has 2 rings (SSSR count). The monoisotopic (exact) mass is 345 g/mol. The number of aryl methyl sites for hydroxylation is 1. The van der Waals surface area contributed by atoms with Gasteiger partial charge in [0.25, 0.3) is 11.3 Å². The van der Waals surface area contributed by atoms with E-state index in [1.54, 1.807) is 0 Å². The maximum atomic E-state index is 11.9. The number of hydrogen-bond donors (Lipinski definition) is 3. The van der Waals surface area contributed by atoms with Gasteiger partial charge in [-0.1, -0.05) is 15.9 Å². The Morgan fingerprint density at radius 2 is 2.30 bits per heavy atom. The highest BCUT2D eigenvalue weighted by Gasteiger charge is 2.56. The third-order valence-corrected chi connectivity index (χ3v) is 4.37. The maximum absolute atomic E-state index is 11.9. The largest absolute Gasteiger partial charge is 0.394 e. The fraction of sp³-hybridized carbons (Fsp3) is 0.545. The Morgan fingerprint density at radius 1 is 1.65 bits per heavy atom. The predicted molar refractivity (Wildman–Crippen MR) is 70.3 cm³/mol. The first-order chi connectivity index (χ1) is 9.37. The highest BCUT2D eigenvalue weighted by molar-refractivity contribution is 9.09. The van der Waals surface area contributed by atoms with Crippen LogP contribution in [0.3, 0.4) is 0 Å². The number of hydrogen-bond acceptors (Lipinski definition) is 6. The van der Waals surface area contributed by atoms with Crippen LogP contribution in [0.25, 0.3) is 0 Å². The van der Waals surface area contributed by atoms with Crippen LogP contribution >= 0.6 is 15.9 Å². The molecule has 0 saturated carbocycles. The van der Waals surface area contributed by atoms with Gasteiger partial charge in [0.2, 0.25) is 0 Å². The number of rotatable bonds is 2. The van der Waals surface area contributed by atoms with Crippen molar-refractivity contribution in [1.29, 1.82) is 5.26 Å². The number of halogens is 1. The average Bonchev–Trinajstić information content (AvgIpc) is 2.68. The molecular weight excluding hydrogens is 334 g/mol. The first-order valence-corrected chi connectivity index (χ1v) is 6.64. The van der Waals surface area contributed by atoms with Gasteiger partial charge in [0.05, 0.1) is 6.61 Å². The van der Waals surface area contributed by atoms with E-state index in [0.29, 0.717) is 0 Å². The fourth-order valence-electron chi connectivity index (χ4n) is 2.08. The summed E-state index contributed by atoms with van der Waals surface area (Å²) in [6.45, 7) is 0.960. The average molecular weight is 346 g/mol. The third kappa shape index (κ3) is 2.01. The lowest BCUT2D eigenvalue weighted by molar-refractivity contribution is -0.0837. The summed E-state index contributed by atoms with van der Waals surface area (Å²) in [7, 11) is 0. The van der Waals surface area contributed by atoms with Gasteiger partial charge in [-0.2, -0.15) is 5.26 Å². The molecule has 20 heavy (non-hydrogen) atoms. The van der Waals surface area contributed by atoms with Crippen molar-refractivity contribution >= 4 is 15.9 Å². The Labute approximate surface area is 121 Å². The molecule has 108 valence electrons. The zero-order valence-electron chi connectivity index (χ0n) is 10.4. The molecule has 0 radical (unpaired) electrons. The van der Waals surface area contributed by atoms with Gasteiger partial charge >= 0.3 is 5.69 Å². The summed E-state index contributed by atoms with van der Waals surface area (Å²) in [5.74, 6) is 0. The van der Waals surface area contributed by atoms with E-state index in [2.05, 4.69) is 20.9 Å². The summed E-state index contributed by atoms with van der Waals surface area (Å²) in [5, 5.41) is 28.5. The molecule has 0 spiro atoms.